The molecule has 0 N–H and O–H groups in total. The maximum Gasteiger partial charge on any atom is 0.168 e. The van der Waals surface area contributed by atoms with Crippen molar-refractivity contribution < 1.29 is 4.79 Å². The first-order valence-corrected chi connectivity index (χ1v) is 6.72. The molecule has 92 valence electrons. The van der Waals surface area contributed by atoms with Crippen LogP contribution in [-0.4, -0.2) is 10.8 Å². The Bertz CT molecular complexity index is 425. The van der Waals surface area contributed by atoms with E-state index in [1.54, 1.807) is 0 Å². The van der Waals surface area contributed by atoms with Gasteiger partial charge in [0.25, 0.3) is 0 Å². The summed E-state index contributed by atoms with van der Waals surface area (Å²) in [6.07, 6.45) is 6.26. The number of pyridine rings is 1. The van der Waals surface area contributed by atoms with Gasteiger partial charge >= 0.3 is 0 Å². The molecule has 1 aromatic heterocycles. The van der Waals surface area contributed by atoms with E-state index in [0.717, 1.165) is 24.1 Å². The number of nitrogens with zero attached hydrogens (tertiary/aromatic N) is 1. The maximum atomic E-state index is 12.2. The Morgan fingerprint density at radius 2 is 2.12 bits per heavy atom. The van der Waals surface area contributed by atoms with Crippen LogP contribution in [0.4, 0.5) is 0 Å². The van der Waals surface area contributed by atoms with E-state index in [1.165, 1.54) is 18.4 Å². The van der Waals surface area contributed by atoms with Crippen LogP contribution in [0.1, 0.15) is 67.6 Å². The van der Waals surface area contributed by atoms with Crippen molar-refractivity contribution in [3.63, 3.8) is 0 Å². The Morgan fingerprint density at radius 1 is 1.35 bits per heavy atom. The summed E-state index contributed by atoms with van der Waals surface area (Å²) in [5, 5.41) is 0. The molecule has 1 aromatic rings. The van der Waals surface area contributed by atoms with Gasteiger partial charge < -0.3 is 0 Å². The highest BCUT2D eigenvalue weighted by Gasteiger charge is 2.36. The predicted octanol–water partition coefficient (Wildman–Crippen LogP) is 3.75. The number of fused-ring (bicyclic) bond motifs is 1. The summed E-state index contributed by atoms with van der Waals surface area (Å²) < 4.78 is 0. The lowest BCUT2D eigenvalue weighted by atomic mass is 9.93. The molecule has 17 heavy (non-hydrogen) atoms. The van der Waals surface area contributed by atoms with Gasteiger partial charge in [0, 0.05) is 23.6 Å². The largest absolute Gasteiger partial charge is 0.294 e. The van der Waals surface area contributed by atoms with E-state index >= 15 is 0 Å². The van der Waals surface area contributed by atoms with Crippen LogP contribution in [0, 0.1) is 5.92 Å². The lowest BCUT2D eigenvalue weighted by molar-refractivity contribution is 0.0923. The van der Waals surface area contributed by atoms with Gasteiger partial charge in [-0.3, -0.25) is 9.78 Å². The van der Waals surface area contributed by atoms with Gasteiger partial charge in [0.05, 0.1) is 5.69 Å². The molecule has 0 saturated carbocycles. The Balaban J connectivity index is 2.29. The average Bonchev–Trinajstić information content (AvgIpc) is 2.59. The van der Waals surface area contributed by atoms with Crippen LogP contribution in [0.25, 0.3) is 0 Å². The third-order valence-corrected chi connectivity index (χ3v) is 3.87. The molecule has 0 fully saturated rings. The van der Waals surface area contributed by atoms with Crippen LogP contribution in [-0.2, 0) is 6.42 Å². The normalized spacial score (nSPS) is 22.9. The predicted molar refractivity (Wildman–Crippen MR) is 69.4 cm³/mol. The highest BCUT2D eigenvalue weighted by molar-refractivity contribution is 6.02. The van der Waals surface area contributed by atoms with Crippen molar-refractivity contribution in [1.29, 1.82) is 0 Å². The van der Waals surface area contributed by atoms with Crippen LogP contribution >= 0.6 is 0 Å². The molecule has 0 bridgehead atoms. The molecule has 1 aliphatic rings. The summed E-state index contributed by atoms with van der Waals surface area (Å²) in [6.45, 7) is 6.39. The second-order valence-corrected chi connectivity index (χ2v) is 5.05. The first-order valence-electron chi connectivity index (χ1n) is 6.72. The third kappa shape index (κ3) is 2.13. The van der Waals surface area contributed by atoms with Gasteiger partial charge in [-0.05, 0) is 30.9 Å². The zero-order chi connectivity index (χ0) is 12.4. The first kappa shape index (κ1) is 12.3. The highest BCUT2D eigenvalue weighted by Crippen LogP contribution is 2.38. The smallest absolute Gasteiger partial charge is 0.168 e. The fourth-order valence-electron chi connectivity index (χ4n) is 2.75. The number of Topliss-reactive ketones (excluding diaryl/α,β-unsaturated/α-hetero) is 1. The van der Waals surface area contributed by atoms with Gasteiger partial charge in [-0.15, -0.1) is 0 Å². The van der Waals surface area contributed by atoms with E-state index in [2.05, 4.69) is 31.8 Å². The van der Waals surface area contributed by atoms with Crippen molar-refractivity contribution in [1.82, 2.24) is 4.98 Å². The zero-order valence-corrected chi connectivity index (χ0v) is 11.0. The quantitative estimate of drug-likeness (QED) is 0.790. The van der Waals surface area contributed by atoms with Gasteiger partial charge in [-0.2, -0.15) is 0 Å². The number of carbonyl (C=O) groups is 1. The Labute approximate surface area is 103 Å². The summed E-state index contributed by atoms with van der Waals surface area (Å²) in [5.41, 5.74) is 3.11. The summed E-state index contributed by atoms with van der Waals surface area (Å²) >= 11 is 0. The van der Waals surface area contributed by atoms with Gasteiger partial charge in [-0.1, -0.05) is 27.2 Å². The number of carbonyl (C=O) groups excluding carboxylic acids is 1. The molecule has 1 heterocycles. The van der Waals surface area contributed by atoms with Gasteiger partial charge in [0.15, 0.2) is 5.78 Å². The Hall–Kier alpha value is -1.18. The van der Waals surface area contributed by atoms with E-state index in [0.29, 0.717) is 11.7 Å². The second-order valence-electron chi connectivity index (χ2n) is 5.05. The van der Waals surface area contributed by atoms with E-state index < -0.39 is 0 Å². The van der Waals surface area contributed by atoms with Crippen molar-refractivity contribution in [3.05, 3.63) is 29.1 Å². The average molecular weight is 231 g/mol. The van der Waals surface area contributed by atoms with E-state index in [-0.39, 0.29) is 5.92 Å². The van der Waals surface area contributed by atoms with E-state index in [4.69, 9.17) is 0 Å². The topological polar surface area (TPSA) is 30.0 Å². The number of ketones is 1. The van der Waals surface area contributed by atoms with Crippen LogP contribution in [0.5, 0.6) is 0 Å². The second kappa shape index (κ2) is 4.99. The van der Waals surface area contributed by atoms with Gasteiger partial charge in [0.1, 0.15) is 0 Å². The van der Waals surface area contributed by atoms with Gasteiger partial charge in [-0.25, -0.2) is 0 Å². The fourth-order valence-corrected chi connectivity index (χ4v) is 2.75. The van der Waals surface area contributed by atoms with E-state index in [9.17, 15) is 4.79 Å². The van der Waals surface area contributed by atoms with Crippen molar-refractivity contribution in [3.8, 4) is 0 Å². The lowest BCUT2D eigenvalue weighted by Crippen LogP contribution is -2.10. The number of unbranched alkanes of at least 4 members (excludes halogenated alkanes) is 1. The molecule has 0 aromatic carbocycles. The molecule has 1 aliphatic carbocycles. The lowest BCUT2D eigenvalue weighted by Gasteiger charge is -2.10. The fraction of sp³-hybridized carbons (Fsp3) is 0.600. The summed E-state index contributed by atoms with van der Waals surface area (Å²) in [7, 11) is 0. The zero-order valence-electron chi connectivity index (χ0n) is 11.0. The van der Waals surface area contributed by atoms with Crippen LogP contribution in [0.15, 0.2) is 12.3 Å². The number of hydrogen-bond acceptors (Lipinski definition) is 2. The van der Waals surface area contributed by atoms with E-state index in [1.807, 2.05) is 6.20 Å². The molecular formula is C15H21NO. The first-order chi connectivity index (χ1) is 8.19. The van der Waals surface area contributed by atoms with Crippen molar-refractivity contribution in [2.24, 2.45) is 5.92 Å². The monoisotopic (exact) mass is 231 g/mol. The van der Waals surface area contributed by atoms with Crippen molar-refractivity contribution in [2.45, 2.75) is 52.4 Å². The molecule has 0 amide bonds. The standard InChI is InChI=1S/C15H21NO/c1-4-6-7-11-8-13-14(16-9-11)10(3)12(5-2)15(13)17/h8-10,12H,4-7H2,1-3H3. The molecule has 0 saturated heterocycles. The summed E-state index contributed by atoms with van der Waals surface area (Å²) in [6, 6.07) is 2.08. The van der Waals surface area contributed by atoms with Gasteiger partial charge in [0.2, 0.25) is 0 Å². The summed E-state index contributed by atoms with van der Waals surface area (Å²) in [5.74, 6) is 0.752. The highest BCUT2D eigenvalue weighted by atomic mass is 16.1. The van der Waals surface area contributed by atoms with Crippen LogP contribution in [0.2, 0.25) is 0 Å². The number of rotatable bonds is 4. The minimum Gasteiger partial charge on any atom is -0.294 e. The Morgan fingerprint density at radius 3 is 2.76 bits per heavy atom. The van der Waals surface area contributed by atoms with Crippen molar-refractivity contribution in [2.75, 3.05) is 0 Å². The number of hydrogen-bond donors (Lipinski definition) is 0. The molecule has 2 rings (SSSR count). The molecule has 2 nitrogen and oxygen atoms in total. The molecule has 0 radical (unpaired) electrons. The summed E-state index contributed by atoms with van der Waals surface area (Å²) in [4.78, 5) is 16.7. The maximum absolute atomic E-state index is 12.2. The number of aromatic nitrogens is 1. The van der Waals surface area contributed by atoms with Crippen LogP contribution < -0.4 is 0 Å². The molecule has 0 spiro atoms. The minimum absolute atomic E-state index is 0.152. The third-order valence-electron chi connectivity index (χ3n) is 3.87. The van der Waals surface area contributed by atoms with Crippen LogP contribution in [0.3, 0.4) is 0 Å². The minimum atomic E-state index is 0.152. The molecule has 2 atom stereocenters. The molecule has 2 heteroatoms. The SMILES string of the molecule is CCCCc1cnc2c(c1)C(=O)C(CC)C2C. The molecular weight excluding hydrogens is 210 g/mol. The molecule has 2 unspecified atom stereocenters. The van der Waals surface area contributed by atoms with Crippen molar-refractivity contribution >= 4 is 5.78 Å². The Kier molecular flexibility index (Phi) is 3.60. The number of aryl methyl sites for hydroxylation is 1. The molecule has 0 aliphatic heterocycles.